The molecule has 0 spiro atoms. The molecule has 1 saturated heterocycles. The molecule has 0 bridgehead atoms. The van der Waals surface area contributed by atoms with E-state index in [9.17, 15) is 21.6 Å². The molecule has 4 aromatic rings. The number of carboxylic acids is 1. The second-order valence-electron chi connectivity index (χ2n) is 8.64. The number of rotatable bonds is 6. The summed E-state index contributed by atoms with van der Waals surface area (Å²) in [4.78, 5) is 20.2. The molecule has 0 unspecified atom stereocenters. The average Bonchev–Trinajstić information content (AvgIpc) is 3.44. The molecule has 2 aromatic heterocycles. The molecular formula is C25H24F3N7O5S. The zero-order chi connectivity index (χ0) is 29.6. The molecule has 0 radical (unpaired) electrons. The minimum absolute atomic E-state index is 0.271. The van der Waals surface area contributed by atoms with Crippen LogP contribution in [-0.4, -0.2) is 83.2 Å². The van der Waals surface area contributed by atoms with Gasteiger partial charge in [-0.15, -0.1) is 5.10 Å². The number of aliphatic carboxylic acids is 1. The van der Waals surface area contributed by atoms with E-state index in [0.717, 1.165) is 35.8 Å². The number of sulfone groups is 1. The van der Waals surface area contributed by atoms with E-state index in [1.54, 1.807) is 42.7 Å². The number of benzene rings is 2. The van der Waals surface area contributed by atoms with Gasteiger partial charge in [0.1, 0.15) is 0 Å². The highest BCUT2D eigenvalue weighted by atomic mass is 32.2. The first-order chi connectivity index (χ1) is 19.4. The maximum Gasteiger partial charge on any atom is 0.490 e. The molecule has 2 aromatic carbocycles. The number of carboxylic acid groups (broad SMARTS) is 1. The zero-order valence-corrected chi connectivity index (χ0v) is 22.3. The van der Waals surface area contributed by atoms with Gasteiger partial charge in [0.05, 0.1) is 35.7 Å². The first kappa shape index (κ1) is 29.4. The van der Waals surface area contributed by atoms with E-state index in [1.807, 2.05) is 28.9 Å². The third-order valence-corrected chi connectivity index (χ3v) is 6.84. The third-order valence-electron chi connectivity index (χ3n) is 5.71. The maximum atomic E-state index is 11.7. The molecule has 3 heterocycles. The molecular weight excluding hydrogens is 567 g/mol. The summed E-state index contributed by atoms with van der Waals surface area (Å²) in [6.07, 6.45) is -0.473. The van der Waals surface area contributed by atoms with Crippen molar-refractivity contribution in [3.05, 3.63) is 67.0 Å². The Hall–Kier alpha value is -4.57. The highest BCUT2D eigenvalue weighted by Crippen LogP contribution is 2.24. The van der Waals surface area contributed by atoms with Gasteiger partial charge < -0.3 is 20.1 Å². The van der Waals surface area contributed by atoms with Crippen LogP contribution in [0.5, 0.6) is 0 Å². The normalized spacial score (nSPS) is 13.7. The van der Waals surface area contributed by atoms with E-state index >= 15 is 0 Å². The lowest BCUT2D eigenvalue weighted by atomic mass is 10.1. The summed E-state index contributed by atoms with van der Waals surface area (Å²) in [5.74, 6) is -1.39. The Balaban J connectivity index is 0.000000493. The lowest BCUT2D eigenvalue weighted by Gasteiger charge is -2.28. The quantitative estimate of drug-likeness (QED) is 0.340. The smallest absolute Gasteiger partial charge is 0.475 e. The van der Waals surface area contributed by atoms with Gasteiger partial charge in [-0.25, -0.2) is 23.2 Å². The number of hydrogen-bond acceptors (Lipinski definition) is 10. The maximum absolute atomic E-state index is 11.7. The summed E-state index contributed by atoms with van der Waals surface area (Å²) in [7, 11) is -3.24. The Kier molecular flexibility index (Phi) is 8.83. The second kappa shape index (κ2) is 12.3. The van der Waals surface area contributed by atoms with Crippen molar-refractivity contribution in [2.75, 3.05) is 42.8 Å². The molecule has 16 heteroatoms. The molecule has 0 aliphatic carbocycles. The number of carbonyl (C=O) groups is 1. The minimum atomic E-state index is -5.08. The summed E-state index contributed by atoms with van der Waals surface area (Å²) >= 11 is 0. The van der Waals surface area contributed by atoms with Crippen LogP contribution in [0.25, 0.3) is 16.9 Å². The number of nitrogens with one attached hydrogen (secondary N) is 1. The summed E-state index contributed by atoms with van der Waals surface area (Å²) in [5, 5.41) is 18.7. The fourth-order valence-electron chi connectivity index (χ4n) is 3.69. The van der Waals surface area contributed by atoms with Gasteiger partial charge in [-0.3, -0.25) is 0 Å². The molecule has 2 N–H and O–H groups in total. The molecule has 1 aliphatic rings. The summed E-state index contributed by atoms with van der Waals surface area (Å²) < 4.78 is 62.4. The van der Waals surface area contributed by atoms with Crippen molar-refractivity contribution in [2.45, 2.75) is 11.1 Å². The van der Waals surface area contributed by atoms with E-state index < -0.39 is 22.0 Å². The Morgan fingerprint density at radius 1 is 1.02 bits per heavy atom. The van der Waals surface area contributed by atoms with Crippen molar-refractivity contribution in [3.8, 4) is 16.9 Å². The minimum Gasteiger partial charge on any atom is -0.475 e. The number of aromatic nitrogens is 5. The van der Waals surface area contributed by atoms with Crippen molar-refractivity contribution in [2.24, 2.45) is 0 Å². The molecule has 0 atom stereocenters. The molecule has 0 saturated carbocycles. The van der Waals surface area contributed by atoms with Gasteiger partial charge in [0.2, 0.25) is 5.95 Å². The molecule has 5 rings (SSSR count). The molecule has 0 amide bonds. The molecule has 1 aliphatic heterocycles. The van der Waals surface area contributed by atoms with Crippen LogP contribution >= 0.6 is 0 Å². The van der Waals surface area contributed by atoms with E-state index in [-0.39, 0.29) is 4.90 Å². The predicted octanol–water partition coefficient (Wildman–Crippen LogP) is 3.34. The number of alkyl halides is 3. The Morgan fingerprint density at radius 2 is 1.66 bits per heavy atom. The van der Waals surface area contributed by atoms with Gasteiger partial charge in [0.15, 0.2) is 15.7 Å². The summed E-state index contributed by atoms with van der Waals surface area (Å²) in [6, 6.07) is 16.2. The first-order valence-electron chi connectivity index (χ1n) is 12.0. The van der Waals surface area contributed by atoms with Crippen molar-refractivity contribution in [3.63, 3.8) is 0 Å². The number of anilines is 3. The van der Waals surface area contributed by atoms with Crippen LogP contribution in [0.2, 0.25) is 0 Å². The Labute approximate surface area is 232 Å². The molecule has 41 heavy (non-hydrogen) atoms. The van der Waals surface area contributed by atoms with Crippen molar-refractivity contribution < 1.29 is 36.2 Å². The number of hydrogen-bond donors (Lipinski definition) is 2. The van der Waals surface area contributed by atoms with Crippen LogP contribution < -0.4 is 10.2 Å². The van der Waals surface area contributed by atoms with Crippen LogP contribution in [0.1, 0.15) is 0 Å². The van der Waals surface area contributed by atoms with Crippen molar-refractivity contribution in [1.82, 2.24) is 25.0 Å². The van der Waals surface area contributed by atoms with Gasteiger partial charge in [0, 0.05) is 36.8 Å². The largest absolute Gasteiger partial charge is 0.490 e. The molecule has 12 nitrogen and oxygen atoms in total. The van der Waals surface area contributed by atoms with Gasteiger partial charge in [-0.05, 0) is 42.5 Å². The van der Waals surface area contributed by atoms with Crippen LogP contribution in [-0.2, 0) is 19.4 Å². The van der Waals surface area contributed by atoms with E-state index in [2.05, 4.69) is 30.5 Å². The van der Waals surface area contributed by atoms with Gasteiger partial charge in [0.25, 0.3) is 0 Å². The Bertz CT molecular complexity index is 1590. The van der Waals surface area contributed by atoms with E-state index in [4.69, 9.17) is 14.6 Å². The topological polar surface area (TPSA) is 152 Å². The van der Waals surface area contributed by atoms with Gasteiger partial charge in [-0.1, -0.05) is 17.3 Å². The van der Waals surface area contributed by atoms with Gasteiger partial charge in [-0.2, -0.15) is 17.9 Å². The van der Waals surface area contributed by atoms with E-state index in [1.165, 1.54) is 6.26 Å². The number of morpholine rings is 1. The lowest BCUT2D eigenvalue weighted by molar-refractivity contribution is -0.192. The summed E-state index contributed by atoms with van der Waals surface area (Å²) in [6.45, 7) is 2.99. The fraction of sp³-hybridized carbons (Fsp3) is 0.240. The predicted molar refractivity (Wildman–Crippen MR) is 142 cm³/mol. The highest BCUT2D eigenvalue weighted by molar-refractivity contribution is 7.90. The fourth-order valence-corrected chi connectivity index (χ4v) is 4.32. The second-order valence-corrected chi connectivity index (χ2v) is 10.7. The lowest BCUT2D eigenvalue weighted by Crippen LogP contribution is -2.37. The molecule has 1 fully saturated rings. The SMILES string of the molecule is CS(=O)(=O)c1ccc(-c2ccnc(Nc3ccc(-n4nncc4N4CCOCC4)cc3)n2)cc1.O=C(O)C(F)(F)F. The van der Waals surface area contributed by atoms with Crippen LogP contribution in [0.15, 0.2) is 71.9 Å². The van der Waals surface area contributed by atoms with Gasteiger partial charge >= 0.3 is 12.1 Å². The average molecular weight is 592 g/mol. The first-order valence-corrected chi connectivity index (χ1v) is 13.9. The third kappa shape index (κ3) is 7.76. The van der Waals surface area contributed by atoms with Crippen LogP contribution in [0.4, 0.5) is 30.6 Å². The highest BCUT2D eigenvalue weighted by Gasteiger charge is 2.38. The van der Waals surface area contributed by atoms with Crippen molar-refractivity contribution >= 4 is 33.3 Å². The standard InChI is InChI=1S/C23H23N7O3S.C2HF3O2/c1-34(31,32)20-8-2-17(3-9-20)21-10-11-24-23(27-21)26-18-4-6-19(7-5-18)30-22(16-25-28-30)29-12-14-33-15-13-29;3-2(4,5)1(6)7/h2-11,16H,12-15H2,1H3,(H,24,26,27);(H,6,7). The van der Waals surface area contributed by atoms with Crippen LogP contribution in [0.3, 0.4) is 0 Å². The monoisotopic (exact) mass is 591 g/mol. The van der Waals surface area contributed by atoms with E-state index in [0.29, 0.717) is 24.9 Å². The zero-order valence-electron chi connectivity index (χ0n) is 21.5. The summed E-state index contributed by atoms with van der Waals surface area (Å²) in [5.41, 5.74) is 3.20. The van der Waals surface area contributed by atoms with Crippen molar-refractivity contribution in [1.29, 1.82) is 0 Å². The number of halogens is 3. The number of nitrogens with zero attached hydrogens (tertiary/aromatic N) is 6. The molecule has 216 valence electrons. The Morgan fingerprint density at radius 3 is 2.24 bits per heavy atom. The van der Waals surface area contributed by atoms with Crippen LogP contribution in [0, 0.1) is 0 Å². The number of ether oxygens (including phenoxy) is 1.